The van der Waals surface area contributed by atoms with E-state index in [4.69, 9.17) is 39.6 Å². The van der Waals surface area contributed by atoms with Gasteiger partial charge in [-0.2, -0.15) is 0 Å². The zero-order valence-corrected chi connectivity index (χ0v) is 24.9. The summed E-state index contributed by atoms with van der Waals surface area (Å²) in [5.41, 5.74) is 6.08. The van der Waals surface area contributed by atoms with Gasteiger partial charge in [-0.3, -0.25) is 15.0 Å². The maximum absolute atomic E-state index is 13.3. The lowest BCUT2D eigenvalue weighted by Gasteiger charge is -2.45. The van der Waals surface area contributed by atoms with Gasteiger partial charge in [0.2, 0.25) is 5.78 Å². The standard InChI is InChI=1S/C30H36N2O15/c1-42-24-20(36)23(39)30(45-25(24)19(35)18(32)15-5-2-14(11-33)3-6-15)46-26-21(37)22(38)29(47-27(26)28(40)41)44-12-43-17-10-13(8-9-31)4-7-16(17)34/h2-7,10-11,20-27,29-30,32,34,36-39H,8-9,12,31H2,1H3,(H,40,41). The highest BCUT2D eigenvalue weighted by Gasteiger charge is 2.54. The molecule has 47 heavy (non-hydrogen) atoms. The minimum Gasteiger partial charge on any atom is -0.504 e. The first-order valence-electron chi connectivity index (χ1n) is 14.3. The molecule has 256 valence electrons. The van der Waals surface area contributed by atoms with Gasteiger partial charge in [-0.05, 0) is 30.7 Å². The minimum atomic E-state index is -2.05. The van der Waals surface area contributed by atoms with Crippen LogP contribution in [0.4, 0.5) is 0 Å². The van der Waals surface area contributed by atoms with Gasteiger partial charge in [-0.25, -0.2) is 4.79 Å². The summed E-state index contributed by atoms with van der Waals surface area (Å²) in [6, 6.07) is 9.94. The van der Waals surface area contributed by atoms with Crippen LogP contribution in [0, 0.1) is 5.41 Å². The van der Waals surface area contributed by atoms with Crippen LogP contribution < -0.4 is 10.5 Å². The van der Waals surface area contributed by atoms with Crippen molar-refractivity contribution in [3.05, 3.63) is 59.2 Å². The molecule has 2 fully saturated rings. The number of Topliss-reactive ketones (excluding diaryl/α,β-unsaturated/α-hetero) is 1. The number of hydrogen-bond acceptors (Lipinski definition) is 16. The molecule has 0 aliphatic carbocycles. The van der Waals surface area contributed by atoms with Gasteiger partial charge in [0.1, 0.15) is 48.6 Å². The second kappa shape index (κ2) is 15.8. The summed E-state index contributed by atoms with van der Waals surface area (Å²) in [7, 11) is 1.12. The summed E-state index contributed by atoms with van der Waals surface area (Å²) in [5.74, 6) is -2.93. The largest absolute Gasteiger partial charge is 0.504 e. The summed E-state index contributed by atoms with van der Waals surface area (Å²) in [5, 5.41) is 71.3. The fraction of sp³-hybridized carbons (Fsp3) is 0.467. The highest BCUT2D eigenvalue weighted by Crippen LogP contribution is 2.32. The van der Waals surface area contributed by atoms with E-state index in [1.807, 2.05) is 0 Å². The van der Waals surface area contributed by atoms with E-state index in [-0.39, 0.29) is 17.1 Å². The molecule has 2 aromatic rings. The number of carboxylic acids is 1. The van der Waals surface area contributed by atoms with Crippen molar-refractivity contribution in [2.24, 2.45) is 5.73 Å². The number of phenolic OH excluding ortho intramolecular Hbond substituents is 1. The van der Waals surface area contributed by atoms with Gasteiger partial charge >= 0.3 is 5.97 Å². The highest BCUT2D eigenvalue weighted by molar-refractivity contribution is 6.46. The molecule has 2 heterocycles. The molecule has 2 aromatic carbocycles. The van der Waals surface area contributed by atoms with Crippen LogP contribution in [0.15, 0.2) is 42.5 Å². The third kappa shape index (κ3) is 7.99. The lowest BCUT2D eigenvalue weighted by atomic mass is 9.91. The van der Waals surface area contributed by atoms with Gasteiger partial charge in [0, 0.05) is 18.2 Å². The Morgan fingerprint density at radius 2 is 1.57 bits per heavy atom. The van der Waals surface area contributed by atoms with Crippen LogP contribution in [0.1, 0.15) is 21.5 Å². The average molecular weight is 665 g/mol. The second-order valence-electron chi connectivity index (χ2n) is 10.7. The number of aliphatic carboxylic acids is 1. The summed E-state index contributed by atoms with van der Waals surface area (Å²) in [6.45, 7) is -0.317. The van der Waals surface area contributed by atoms with Crippen LogP contribution in [-0.2, 0) is 39.7 Å². The molecule has 17 nitrogen and oxygen atoms in total. The SMILES string of the molecule is COC1C(C(=O)C(=N)c2ccc(C=O)cc2)OC(OC2C(C(=O)O)OC(OCOc3cc(CCN)ccc3O)C(O)C2O)C(O)C1O. The van der Waals surface area contributed by atoms with Gasteiger partial charge in [-0.1, -0.05) is 30.3 Å². The highest BCUT2D eigenvalue weighted by atomic mass is 16.8. The summed E-state index contributed by atoms with van der Waals surface area (Å²) >= 11 is 0. The smallest absolute Gasteiger partial charge is 0.335 e. The van der Waals surface area contributed by atoms with Crippen molar-refractivity contribution < 1.29 is 73.4 Å². The first kappa shape index (κ1) is 36.0. The van der Waals surface area contributed by atoms with Crippen LogP contribution in [0.25, 0.3) is 0 Å². The van der Waals surface area contributed by atoms with Gasteiger partial charge in [0.25, 0.3) is 0 Å². The molecular weight excluding hydrogens is 628 g/mol. The normalized spacial score (nSPS) is 30.8. The molecule has 2 aliphatic rings. The Morgan fingerprint density at radius 1 is 0.936 bits per heavy atom. The van der Waals surface area contributed by atoms with E-state index in [2.05, 4.69) is 0 Å². The number of carboxylic acid groups (broad SMARTS) is 1. The van der Waals surface area contributed by atoms with E-state index in [9.17, 15) is 45.0 Å². The fourth-order valence-corrected chi connectivity index (χ4v) is 5.08. The number of aliphatic hydroxyl groups is 4. The van der Waals surface area contributed by atoms with Crippen molar-refractivity contribution >= 4 is 23.8 Å². The number of rotatable bonds is 14. The summed E-state index contributed by atoms with van der Waals surface area (Å²) < 4.78 is 32.3. The number of methoxy groups -OCH3 is 1. The maximum atomic E-state index is 13.3. The van der Waals surface area contributed by atoms with Gasteiger partial charge in [-0.15, -0.1) is 0 Å². The predicted molar refractivity (Wildman–Crippen MR) is 156 cm³/mol. The first-order chi connectivity index (χ1) is 22.4. The zero-order chi connectivity index (χ0) is 34.4. The number of aldehydes is 1. The Hall–Kier alpha value is -3.88. The molecule has 17 heteroatoms. The molecule has 2 aliphatic heterocycles. The summed E-state index contributed by atoms with van der Waals surface area (Å²) in [6.07, 6.45) is -17.8. The Labute approximate surface area is 267 Å². The number of aliphatic hydroxyl groups excluding tert-OH is 4. The van der Waals surface area contributed by atoms with E-state index >= 15 is 0 Å². The number of aromatic hydroxyl groups is 1. The molecule has 0 aromatic heterocycles. The van der Waals surface area contributed by atoms with Crippen LogP contribution >= 0.6 is 0 Å². The van der Waals surface area contributed by atoms with E-state index in [1.54, 1.807) is 6.07 Å². The number of hydrogen-bond donors (Lipinski definition) is 8. The van der Waals surface area contributed by atoms with E-state index < -0.39 is 85.7 Å². The molecule has 0 saturated carbocycles. The molecule has 0 amide bonds. The number of ether oxygens (including phenoxy) is 6. The monoisotopic (exact) mass is 664 g/mol. The van der Waals surface area contributed by atoms with E-state index in [1.165, 1.54) is 36.4 Å². The van der Waals surface area contributed by atoms with Gasteiger partial charge in [0.15, 0.2) is 43.1 Å². The van der Waals surface area contributed by atoms with Crippen molar-refractivity contribution in [1.29, 1.82) is 5.41 Å². The van der Waals surface area contributed by atoms with Crippen molar-refractivity contribution in [3.63, 3.8) is 0 Å². The van der Waals surface area contributed by atoms with E-state index in [0.717, 1.165) is 12.7 Å². The molecule has 0 bridgehead atoms. The number of nitrogens with one attached hydrogen (secondary N) is 1. The number of carbonyl (C=O) groups excluding carboxylic acids is 2. The Morgan fingerprint density at radius 3 is 2.19 bits per heavy atom. The Kier molecular flexibility index (Phi) is 12.1. The number of carbonyl (C=O) groups is 3. The van der Waals surface area contributed by atoms with Crippen molar-refractivity contribution in [3.8, 4) is 11.5 Å². The lowest BCUT2D eigenvalue weighted by Crippen LogP contribution is -2.66. The number of nitrogens with two attached hydrogens (primary N) is 1. The van der Waals surface area contributed by atoms with Crippen molar-refractivity contribution in [1.82, 2.24) is 0 Å². The van der Waals surface area contributed by atoms with Gasteiger partial charge < -0.3 is 64.8 Å². The molecular formula is C30H36N2O15. The Balaban J connectivity index is 1.47. The quantitative estimate of drug-likeness (QED) is 0.0620. The minimum absolute atomic E-state index is 0.00399. The molecule has 4 rings (SSSR count). The molecule has 9 N–H and O–H groups in total. The fourth-order valence-electron chi connectivity index (χ4n) is 5.08. The van der Waals surface area contributed by atoms with E-state index in [0.29, 0.717) is 24.8 Å². The number of phenols is 1. The predicted octanol–water partition coefficient (Wildman–Crippen LogP) is -1.93. The third-order valence-corrected chi connectivity index (χ3v) is 7.64. The van der Waals surface area contributed by atoms with Crippen LogP contribution in [0.3, 0.4) is 0 Å². The first-order valence-corrected chi connectivity index (χ1v) is 14.3. The topological polar surface area (TPSA) is 278 Å². The Bertz CT molecular complexity index is 1420. The maximum Gasteiger partial charge on any atom is 0.335 e. The third-order valence-electron chi connectivity index (χ3n) is 7.64. The molecule has 0 spiro atoms. The number of benzene rings is 2. The van der Waals surface area contributed by atoms with Gasteiger partial charge in [0.05, 0.1) is 0 Å². The molecule has 2 saturated heterocycles. The average Bonchev–Trinajstić information content (AvgIpc) is 3.06. The van der Waals surface area contributed by atoms with Crippen molar-refractivity contribution in [2.75, 3.05) is 20.4 Å². The van der Waals surface area contributed by atoms with Crippen LogP contribution in [-0.4, -0.2) is 136 Å². The second-order valence-corrected chi connectivity index (χ2v) is 10.7. The molecule has 0 radical (unpaired) electrons. The van der Waals surface area contributed by atoms with Crippen LogP contribution in [0.2, 0.25) is 0 Å². The lowest BCUT2D eigenvalue weighted by molar-refractivity contribution is -0.353. The van der Waals surface area contributed by atoms with Crippen LogP contribution in [0.5, 0.6) is 11.5 Å². The molecule has 10 atom stereocenters. The number of ketones is 1. The summed E-state index contributed by atoms with van der Waals surface area (Å²) in [4.78, 5) is 36.4. The molecule has 10 unspecified atom stereocenters. The van der Waals surface area contributed by atoms with Crippen molar-refractivity contribution in [2.45, 2.75) is 67.8 Å². The zero-order valence-electron chi connectivity index (χ0n) is 24.9.